The summed E-state index contributed by atoms with van der Waals surface area (Å²) in [5.41, 5.74) is 0. The van der Waals surface area contributed by atoms with Crippen LogP contribution in [0.3, 0.4) is 0 Å². The van der Waals surface area contributed by atoms with Gasteiger partial charge in [-0.2, -0.15) is 0 Å². The van der Waals surface area contributed by atoms with E-state index in [1.54, 1.807) is 0 Å². The van der Waals surface area contributed by atoms with Crippen molar-refractivity contribution >= 4 is 11.9 Å². The number of hydrogen-bond acceptors (Lipinski definition) is 3. The number of ether oxygens (including phenoxy) is 1. The van der Waals surface area contributed by atoms with Crippen molar-refractivity contribution in [3.05, 3.63) is 72.9 Å². The Hall–Kier alpha value is -2.62. The second kappa shape index (κ2) is 36.8. The summed E-state index contributed by atoms with van der Waals surface area (Å²) in [6.07, 6.45) is 52.1. The van der Waals surface area contributed by atoms with E-state index in [1.807, 2.05) is 0 Å². The fourth-order valence-corrected chi connectivity index (χ4v) is 5.19. The van der Waals surface area contributed by atoms with Crippen LogP contribution >= 0.6 is 0 Å². The van der Waals surface area contributed by atoms with Gasteiger partial charge in [0.1, 0.15) is 6.10 Å². The molecule has 0 saturated carbocycles. The normalized spacial score (nSPS) is 13.1. The lowest BCUT2D eigenvalue weighted by Crippen LogP contribution is -2.18. The highest BCUT2D eigenvalue weighted by Crippen LogP contribution is 2.18. The van der Waals surface area contributed by atoms with Crippen molar-refractivity contribution in [1.82, 2.24) is 0 Å². The van der Waals surface area contributed by atoms with E-state index in [-0.39, 0.29) is 18.5 Å². The van der Waals surface area contributed by atoms with Crippen LogP contribution in [0.25, 0.3) is 0 Å². The average Bonchev–Trinajstić information content (AvgIpc) is 3.04. The summed E-state index contributed by atoms with van der Waals surface area (Å²) in [4.78, 5) is 23.2. The van der Waals surface area contributed by atoms with Gasteiger partial charge in [-0.1, -0.05) is 145 Å². The molecule has 0 rings (SSSR count). The molecule has 0 aromatic heterocycles. The Kier molecular flexibility index (Phi) is 34.7. The number of carboxylic acid groups (broad SMARTS) is 1. The first-order valence-corrected chi connectivity index (χ1v) is 18.9. The highest BCUT2D eigenvalue weighted by Gasteiger charge is 2.14. The molecule has 0 aliphatic rings. The largest absolute Gasteiger partial charge is 0.481 e. The Labute approximate surface area is 284 Å². The van der Waals surface area contributed by atoms with E-state index in [0.717, 1.165) is 116 Å². The number of carbonyl (C=O) groups excluding carboxylic acids is 1. The van der Waals surface area contributed by atoms with Gasteiger partial charge in [0.25, 0.3) is 0 Å². The summed E-state index contributed by atoms with van der Waals surface area (Å²) in [5, 5.41) is 8.76. The van der Waals surface area contributed by atoms with Gasteiger partial charge < -0.3 is 9.84 Å². The Morgan fingerprint density at radius 1 is 0.500 bits per heavy atom. The summed E-state index contributed by atoms with van der Waals surface area (Å²) >= 11 is 0. The zero-order valence-corrected chi connectivity index (χ0v) is 29.9. The van der Waals surface area contributed by atoms with E-state index in [1.165, 1.54) is 32.1 Å². The van der Waals surface area contributed by atoms with Crippen molar-refractivity contribution in [2.45, 2.75) is 180 Å². The first-order valence-electron chi connectivity index (χ1n) is 18.9. The predicted molar refractivity (Wildman–Crippen MR) is 199 cm³/mol. The van der Waals surface area contributed by atoms with Crippen LogP contribution in [0.1, 0.15) is 174 Å². The quantitative estimate of drug-likeness (QED) is 0.0441. The first-order chi connectivity index (χ1) is 22.6. The molecule has 0 aliphatic carbocycles. The molecular formula is C42H70O4. The van der Waals surface area contributed by atoms with Crippen LogP contribution in [-0.2, 0) is 14.3 Å². The molecular weight excluding hydrogens is 568 g/mol. The number of hydrogen-bond donors (Lipinski definition) is 1. The maximum Gasteiger partial charge on any atom is 0.306 e. The van der Waals surface area contributed by atoms with Crippen molar-refractivity contribution in [3.8, 4) is 0 Å². The van der Waals surface area contributed by atoms with Crippen LogP contribution in [0.2, 0.25) is 0 Å². The van der Waals surface area contributed by atoms with Gasteiger partial charge in [0, 0.05) is 12.8 Å². The summed E-state index contributed by atoms with van der Waals surface area (Å²) < 4.78 is 5.95. The van der Waals surface area contributed by atoms with Crippen LogP contribution < -0.4 is 0 Å². The zero-order chi connectivity index (χ0) is 33.6. The summed E-state index contributed by atoms with van der Waals surface area (Å²) in [5.74, 6) is -0.736. The molecule has 0 aromatic rings. The summed E-state index contributed by atoms with van der Waals surface area (Å²) in [7, 11) is 0. The van der Waals surface area contributed by atoms with Crippen molar-refractivity contribution in [1.29, 1.82) is 0 Å². The molecule has 0 heterocycles. The van der Waals surface area contributed by atoms with Gasteiger partial charge in [0.15, 0.2) is 0 Å². The van der Waals surface area contributed by atoms with Crippen LogP contribution in [0.15, 0.2) is 72.9 Å². The molecule has 0 saturated heterocycles. The van der Waals surface area contributed by atoms with Crippen LogP contribution in [0.5, 0.6) is 0 Å². The number of rotatable bonds is 33. The van der Waals surface area contributed by atoms with Crippen LogP contribution in [0, 0.1) is 0 Å². The lowest BCUT2D eigenvalue weighted by Gasteiger charge is -2.18. The Morgan fingerprint density at radius 2 is 0.913 bits per heavy atom. The number of allylic oxidation sites excluding steroid dienone is 12. The van der Waals surface area contributed by atoms with E-state index in [0.29, 0.717) is 6.42 Å². The minimum absolute atomic E-state index is 0.0348. The number of carboxylic acids is 1. The number of aliphatic carboxylic acids is 1. The third-order valence-electron chi connectivity index (χ3n) is 7.94. The van der Waals surface area contributed by atoms with Gasteiger partial charge in [-0.15, -0.1) is 0 Å². The molecule has 1 N–H and O–H groups in total. The maximum absolute atomic E-state index is 12.6. The molecule has 0 aliphatic heterocycles. The molecule has 0 spiro atoms. The lowest BCUT2D eigenvalue weighted by molar-refractivity contribution is -0.150. The SMILES string of the molecule is CC/C=C\C/C=C\C/C=C\C/C=C\C/C=C\C/C=C\CCCCC(=O)OC(CCCCCCCC)CCCCCCCCC(=O)O. The standard InChI is InChI=1S/C42H70O4/c1-3-5-7-9-11-12-13-14-15-16-17-18-19-20-21-22-23-24-25-31-35-39-42(45)46-40(36-32-28-10-8-6-4-2)37-33-29-26-27-30-34-38-41(43)44/h5,7,11-12,14-15,17-18,20-21,23-24,40H,3-4,6,8-10,13,16,19,22,25-39H2,1-2H3,(H,43,44)/b7-5-,12-11-,15-14-,18-17-,21-20-,24-23-. The van der Waals surface area contributed by atoms with Crippen molar-refractivity contribution < 1.29 is 19.4 Å². The Bertz CT molecular complexity index is 861. The van der Waals surface area contributed by atoms with Crippen molar-refractivity contribution in [2.75, 3.05) is 0 Å². The van der Waals surface area contributed by atoms with Gasteiger partial charge in [-0.05, 0) is 89.9 Å². The van der Waals surface area contributed by atoms with E-state index >= 15 is 0 Å². The molecule has 4 nitrogen and oxygen atoms in total. The Balaban J connectivity index is 4.03. The molecule has 0 radical (unpaired) electrons. The van der Waals surface area contributed by atoms with E-state index in [2.05, 4.69) is 86.8 Å². The third-order valence-corrected chi connectivity index (χ3v) is 7.94. The Morgan fingerprint density at radius 3 is 1.39 bits per heavy atom. The minimum Gasteiger partial charge on any atom is -0.481 e. The molecule has 0 fully saturated rings. The zero-order valence-electron chi connectivity index (χ0n) is 29.9. The van der Waals surface area contributed by atoms with E-state index in [4.69, 9.17) is 9.84 Å². The summed E-state index contributed by atoms with van der Waals surface area (Å²) in [6.45, 7) is 4.40. The number of unbranched alkanes of at least 4 members (excludes halogenated alkanes) is 12. The van der Waals surface area contributed by atoms with Gasteiger partial charge >= 0.3 is 11.9 Å². The number of carbonyl (C=O) groups is 2. The molecule has 262 valence electrons. The average molecular weight is 639 g/mol. The smallest absolute Gasteiger partial charge is 0.306 e. The number of esters is 1. The van der Waals surface area contributed by atoms with Crippen molar-refractivity contribution in [2.24, 2.45) is 0 Å². The molecule has 4 heteroatoms. The topological polar surface area (TPSA) is 63.6 Å². The van der Waals surface area contributed by atoms with E-state index < -0.39 is 5.97 Å². The monoisotopic (exact) mass is 639 g/mol. The highest BCUT2D eigenvalue weighted by atomic mass is 16.5. The fraction of sp³-hybridized carbons (Fsp3) is 0.667. The maximum atomic E-state index is 12.6. The first kappa shape index (κ1) is 43.4. The van der Waals surface area contributed by atoms with Gasteiger partial charge in [0.2, 0.25) is 0 Å². The molecule has 0 aromatic carbocycles. The fourth-order valence-electron chi connectivity index (χ4n) is 5.19. The van der Waals surface area contributed by atoms with Crippen LogP contribution in [0.4, 0.5) is 0 Å². The van der Waals surface area contributed by atoms with Crippen molar-refractivity contribution in [3.63, 3.8) is 0 Å². The molecule has 1 unspecified atom stereocenters. The second-order valence-electron chi connectivity index (χ2n) is 12.4. The predicted octanol–water partition coefficient (Wildman–Crippen LogP) is 13.1. The highest BCUT2D eigenvalue weighted by molar-refractivity contribution is 5.69. The second-order valence-corrected chi connectivity index (χ2v) is 12.4. The molecule has 0 bridgehead atoms. The van der Waals surface area contributed by atoms with Crippen LogP contribution in [-0.4, -0.2) is 23.1 Å². The van der Waals surface area contributed by atoms with Gasteiger partial charge in [-0.3, -0.25) is 9.59 Å². The summed E-state index contributed by atoms with van der Waals surface area (Å²) in [6, 6.07) is 0. The lowest BCUT2D eigenvalue weighted by atomic mass is 10.0. The van der Waals surface area contributed by atoms with Gasteiger partial charge in [-0.25, -0.2) is 0 Å². The molecule has 1 atom stereocenters. The molecule has 0 amide bonds. The molecule has 46 heavy (non-hydrogen) atoms. The van der Waals surface area contributed by atoms with Gasteiger partial charge in [0.05, 0.1) is 0 Å². The van der Waals surface area contributed by atoms with E-state index in [9.17, 15) is 9.59 Å². The third kappa shape index (κ3) is 35.9. The minimum atomic E-state index is -0.701.